The van der Waals surface area contributed by atoms with Gasteiger partial charge in [-0.25, -0.2) is 13.6 Å². The van der Waals surface area contributed by atoms with E-state index in [1.165, 1.54) is 19.2 Å². The largest absolute Gasteiger partial charge is 0.497 e. The number of nitrogens with two attached hydrogens (primary N) is 1. The van der Waals surface area contributed by atoms with E-state index in [1.54, 1.807) is 0 Å². The Morgan fingerprint density at radius 1 is 1.43 bits per heavy atom. The molecule has 128 valence electrons. The second-order valence-corrected chi connectivity index (χ2v) is 7.53. The van der Waals surface area contributed by atoms with Crippen molar-refractivity contribution in [3.63, 3.8) is 0 Å². The lowest BCUT2D eigenvalue weighted by molar-refractivity contribution is -0.147. The van der Waals surface area contributed by atoms with Gasteiger partial charge in [-0.05, 0) is 25.0 Å². The SMILES string of the molecule is COc1cccc(C(F)(F)C(=O)NCC2(S(N)(=O)=O)CCC2)c1. The molecule has 1 saturated carbocycles. The van der Waals surface area contributed by atoms with Crippen molar-refractivity contribution in [2.45, 2.75) is 29.9 Å². The molecule has 1 amide bonds. The summed E-state index contributed by atoms with van der Waals surface area (Å²) in [6, 6.07) is 4.97. The van der Waals surface area contributed by atoms with Gasteiger partial charge in [0.05, 0.1) is 7.11 Å². The molecule has 9 heteroatoms. The fourth-order valence-electron chi connectivity index (χ4n) is 2.43. The lowest BCUT2D eigenvalue weighted by atomic mass is 9.84. The first-order chi connectivity index (χ1) is 10.6. The number of primary sulfonamides is 1. The van der Waals surface area contributed by atoms with E-state index in [9.17, 15) is 22.0 Å². The molecular formula is C14H18F2N2O4S. The van der Waals surface area contributed by atoms with Crippen molar-refractivity contribution in [1.29, 1.82) is 0 Å². The van der Waals surface area contributed by atoms with E-state index in [1.807, 2.05) is 5.32 Å². The molecule has 0 aliphatic heterocycles. The molecule has 0 spiro atoms. The first-order valence-corrected chi connectivity index (χ1v) is 8.50. The fraction of sp³-hybridized carbons (Fsp3) is 0.500. The summed E-state index contributed by atoms with van der Waals surface area (Å²) >= 11 is 0. The summed E-state index contributed by atoms with van der Waals surface area (Å²) in [5, 5.41) is 7.16. The number of benzene rings is 1. The van der Waals surface area contributed by atoms with E-state index >= 15 is 0 Å². The highest BCUT2D eigenvalue weighted by Crippen LogP contribution is 2.38. The summed E-state index contributed by atoms with van der Waals surface area (Å²) in [6.45, 7) is -0.426. The average molecular weight is 348 g/mol. The van der Waals surface area contributed by atoms with Crippen LogP contribution < -0.4 is 15.2 Å². The Balaban J connectivity index is 2.13. The molecule has 23 heavy (non-hydrogen) atoms. The van der Waals surface area contributed by atoms with Crippen molar-refractivity contribution in [1.82, 2.24) is 5.32 Å². The number of hydrogen-bond acceptors (Lipinski definition) is 4. The van der Waals surface area contributed by atoms with Gasteiger partial charge in [-0.3, -0.25) is 4.79 Å². The molecule has 3 N–H and O–H groups in total. The van der Waals surface area contributed by atoms with Crippen molar-refractivity contribution in [3.8, 4) is 5.75 Å². The van der Waals surface area contributed by atoms with E-state index in [0.29, 0.717) is 6.42 Å². The number of hydrogen-bond donors (Lipinski definition) is 2. The van der Waals surface area contributed by atoms with Crippen LogP contribution in [-0.2, 0) is 20.7 Å². The zero-order chi connectivity index (χ0) is 17.3. The molecule has 0 bridgehead atoms. The standard InChI is InChI=1S/C14H18F2N2O4S/c1-22-11-5-2-4-10(8-11)14(15,16)12(19)18-9-13(6-3-7-13)23(17,20)21/h2,4-5,8H,3,6-7,9H2,1H3,(H,18,19)(H2,17,20,21). The maximum atomic E-state index is 14.2. The number of carbonyl (C=O) groups is 1. The topological polar surface area (TPSA) is 98.5 Å². The molecule has 6 nitrogen and oxygen atoms in total. The van der Waals surface area contributed by atoms with Crippen LogP contribution in [0.15, 0.2) is 24.3 Å². The molecule has 1 aliphatic carbocycles. The minimum absolute atomic E-state index is 0.190. The van der Waals surface area contributed by atoms with E-state index in [0.717, 1.165) is 12.1 Å². The Morgan fingerprint density at radius 2 is 2.09 bits per heavy atom. The van der Waals surface area contributed by atoms with Crippen LogP contribution in [0.5, 0.6) is 5.75 Å². The van der Waals surface area contributed by atoms with Crippen molar-refractivity contribution >= 4 is 15.9 Å². The van der Waals surface area contributed by atoms with E-state index in [-0.39, 0.29) is 18.6 Å². The number of rotatable bonds is 6. The number of carbonyl (C=O) groups excluding carboxylic acids is 1. The van der Waals surface area contributed by atoms with Gasteiger partial charge in [0, 0.05) is 12.1 Å². The second kappa shape index (κ2) is 6.04. The molecule has 0 radical (unpaired) electrons. The Morgan fingerprint density at radius 3 is 2.57 bits per heavy atom. The van der Waals surface area contributed by atoms with Gasteiger partial charge in [-0.15, -0.1) is 0 Å². The molecule has 0 heterocycles. The third kappa shape index (κ3) is 3.30. The van der Waals surface area contributed by atoms with Crippen LogP contribution in [-0.4, -0.2) is 32.7 Å². The molecule has 1 aliphatic rings. The van der Waals surface area contributed by atoms with Gasteiger partial charge in [-0.2, -0.15) is 8.78 Å². The summed E-state index contributed by atoms with van der Waals surface area (Å²) < 4.78 is 55.1. The van der Waals surface area contributed by atoms with Crippen molar-refractivity contribution in [2.24, 2.45) is 5.14 Å². The molecule has 0 atom stereocenters. The Kier molecular flexibility index (Phi) is 4.63. The zero-order valence-corrected chi connectivity index (χ0v) is 13.3. The summed E-state index contributed by atoms with van der Waals surface area (Å²) in [5.41, 5.74) is -0.535. The van der Waals surface area contributed by atoms with Crippen LogP contribution >= 0.6 is 0 Å². The first kappa shape index (κ1) is 17.6. The molecule has 1 aromatic rings. The van der Waals surface area contributed by atoms with Crippen LogP contribution in [0.3, 0.4) is 0 Å². The molecule has 2 rings (SSSR count). The van der Waals surface area contributed by atoms with Crippen LogP contribution in [0, 0.1) is 0 Å². The molecule has 0 aromatic heterocycles. The maximum Gasteiger partial charge on any atom is 0.349 e. The average Bonchev–Trinajstić information content (AvgIpc) is 2.44. The molecule has 0 unspecified atom stereocenters. The third-order valence-electron chi connectivity index (χ3n) is 4.16. The van der Waals surface area contributed by atoms with Crippen LogP contribution in [0.1, 0.15) is 24.8 Å². The van der Waals surface area contributed by atoms with Crippen LogP contribution in [0.25, 0.3) is 0 Å². The van der Waals surface area contributed by atoms with Gasteiger partial charge >= 0.3 is 5.92 Å². The van der Waals surface area contributed by atoms with Crippen molar-refractivity contribution in [3.05, 3.63) is 29.8 Å². The predicted octanol–water partition coefficient (Wildman–Crippen LogP) is 1.11. The highest BCUT2D eigenvalue weighted by Gasteiger charge is 2.49. The highest BCUT2D eigenvalue weighted by atomic mass is 32.2. The van der Waals surface area contributed by atoms with Crippen molar-refractivity contribution < 1.29 is 26.7 Å². The second-order valence-electron chi connectivity index (χ2n) is 5.57. The number of sulfonamides is 1. The molecule has 1 aromatic carbocycles. The van der Waals surface area contributed by atoms with E-state index < -0.39 is 38.7 Å². The number of ether oxygens (including phenoxy) is 1. The predicted molar refractivity (Wildman–Crippen MR) is 79.6 cm³/mol. The Bertz CT molecular complexity index is 702. The quantitative estimate of drug-likeness (QED) is 0.805. The van der Waals surface area contributed by atoms with E-state index in [4.69, 9.17) is 9.88 Å². The van der Waals surface area contributed by atoms with Gasteiger partial charge in [0.2, 0.25) is 10.0 Å². The van der Waals surface area contributed by atoms with Gasteiger partial charge in [0.1, 0.15) is 10.5 Å². The number of amides is 1. The third-order valence-corrected chi connectivity index (χ3v) is 5.92. The monoisotopic (exact) mass is 348 g/mol. The Hall–Kier alpha value is -1.74. The number of halogens is 2. The van der Waals surface area contributed by atoms with Crippen LogP contribution in [0.4, 0.5) is 8.78 Å². The van der Waals surface area contributed by atoms with Gasteiger partial charge in [0.15, 0.2) is 0 Å². The molecular weight excluding hydrogens is 330 g/mol. The first-order valence-electron chi connectivity index (χ1n) is 6.95. The number of alkyl halides is 2. The lowest BCUT2D eigenvalue weighted by Gasteiger charge is -2.39. The summed E-state index contributed by atoms with van der Waals surface area (Å²) in [5.74, 6) is -5.19. The minimum atomic E-state index is -3.92. The summed E-state index contributed by atoms with van der Waals surface area (Å²) in [7, 11) is -2.60. The number of nitrogens with one attached hydrogen (secondary N) is 1. The Labute approximate surface area is 133 Å². The van der Waals surface area contributed by atoms with E-state index in [2.05, 4.69) is 0 Å². The minimum Gasteiger partial charge on any atom is -0.497 e. The lowest BCUT2D eigenvalue weighted by Crippen LogP contribution is -2.57. The summed E-state index contributed by atoms with van der Waals surface area (Å²) in [6.07, 6.45) is 1.12. The zero-order valence-electron chi connectivity index (χ0n) is 12.5. The highest BCUT2D eigenvalue weighted by molar-refractivity contribution is 7.90. The van der Waals surface area contributed by atoms with Crippen LogP contribution in [0.2, 0.25) is 0 Å². The smallest absolute Gasteiger partial charge is 0.349 e. The molecule has 0 saturated heterocycles. The molecule has 1 fully saturated rings. The fourth-order valence-corrected chi connectivity index (χ4v) is 3.57. The van der Waals surface area contributed by atoms with Crippen molar-refractivity contribution in [2.75, 3.05) is 13.7 Å². The maximum absolute atomic E-state index is 14.2. The number of methoxy groups -OCH3 is 1. The van der Waals surface area contributed by atoms with Gasteiger partial charge in [0.25, 0.3) is 5.91 Å². The normalized spacial score (nSPS) is 17.2. The van der Waals surface area contributed by atoms with Gasteiger partial charge in [-0.1, -0.05) is 18.6 Å². The van der Waals surface area contributed by atoms with Gasteiger partial charge < -0.3 is 10.1 Å². The summed E-state index contributed by atoms with van der Waals surface area (Å²) in [4.78, 5) is 11.8.